The van der Waals surface area contributed by atoms with Gasteiger partial charge in [-0.1, -0.05) is 18.2 Å². The van der Waals surface area contributed by atoms with Crippen molar-refractivity contribution in [2.75, 3.05) is 19.5 Å². The van der Waals surface area contributed by atoms with Crippen molar-refractivity contribution in [2.24, 2.45) is 0 Å². The summed E-state index contributed by atoms with van der Waals surface area (Å²) in [4.78, 5) is 8.99. The summed E-state index contributed by atoms with van der Waals surface area (Å²) in [6.45, 7) is 0. The number of nitrogens with zero attached hydrogens (tertiary/aromatic N) is 3. The summed E-state index contributed by atoms with van der Waals surface area (Å²) in [6, 6.07) is 13.6. The Labute approximate surface area is 138 Å². The fourth-order valence-corrected chi connectivity index (χ4v) is 2.81. The normalized spacial score (nSPS) is 10.9. The van der Waals surface area contributed by atoms with Crippen molar-refractivity contribution in [1.29, 1.82) is 0 Å². The zero-order valence-corrected chi connectivity index (χ0v) is 13.4. The molecule has 6 nitrogen and oxygen atoms in total. The molecule has 0 aliphatic carbocycles. The van der Waals surface area contributed by atoms with Crippen LogP contribution in [0.15, 0.2) is 55.0 Å². The van der Waals surface area contributed by atoms with Crippen LogP contribution in [0.4, 0.5) is 11.5 Å². The summed E-state index contributed by atoms with van der Waals surface area (Å²) in [6.07, 6.45) is 3.57. The van der Waals surface area contributed by atoms with E-state index in [2.05, 4.69) is 10.3 Å². The summed E-state index contributed by atoms with van der Waals surface area (Å²) in [5.74, 6) is 2.00. The molecule has 0 aliphatic heterocycles. The van der Waals surface area contributed by atoms with Crippen molar-refractivity contribution in [3.63, 3.8) is 0 Å². The maximum atomic E-state index is 5.48. The number of ether oxygens (including phenoxy) is 2. The van der Waals surface area contributed by atoms with Gasteiger partial charge < -0.3 is 14.8 Å². The van der Waals surface area contributed by atoms with Crippen LogP contribution < -0.4 is 14.8 Å². The van der Waals surface area contributed by atoms with E-state index in [0.29, 0.717) is 17.3 Å². The van der Waals surface area contributed by atoms with Gasteiger partial charge in [-0.15, -0.1) is 0 Å². The van der Waals surface area contributed by atoms with Gasteiger partial charge in [0.15, 0.2) is 17.3 Å². The zero-order valence-electron chi connectivity index (χ0n) is 13.4. The average molecular weight is 320 g/mol. The molecule has 2 aromatic heterocycles. The van der Waals surface area contributed by atoms with Crippen LogP contribution in [0.2, 0.25) is 0 Å². The molecule has 2 heterocycles. The van der Waals surface area contributed by atoms with Gasteiger partial charge in [-0.3, -0.25) is 4.40 Å². The highest BCUT2D eigenvalue weighted by molar-refractivity contribution is 5.86. The molecule has 120 valence electrons. The molecule has 0 amide bonds. The first kappa shape index (κ1) is 14.3. The van der Waals surface area contributed by atoms with Crippen LogP contribution in [0.3, 0.4) is 0 Å². The highest BCUT2D eigenvalue weighted by Crippen LogP contribution is 2.37. The van der Waals surface area contributed by atoms with E-state index < -0.39 is 0 Å². The molecule has 0 saturated heterocycles. The van der Waals surface area contributed by atoms with Gasteiger partial charge in [-0.25, -0.2) is 9.97 Å². The number of hydrogen-bond donors (Lipinski definition) is 1. The van der Waals surface area contributed by atoms with E-state index >= 15 is 0 Å². The maximum Gasteiger partial charge on any atom is 0.184 e. The predicted octanol–water partition coefficient (Wildman–Crippen LogP) is 3.64. The van der Waals surface area contributed by atoms with Gasteiger partial charge >= 0.3 is 0 Å². The quantitative estimate of drug-likeness (QED) is 0.622. The lowest BCUT2D eigenvalue weighted by molar-refractivity contribution is 0.356. The fraction of sp³-hybridized carbons (Fsp3) is 0.111. The SMILES string of the molecule is COc1cccc(Nc2nc3ccccc3n3cncc23)c1OC. The van der Waals surface area contributed by atoms with E-state index in [1.807, 2.05) is 46.9 Å². The molecular weight excluding hydrogens is 304 g/mol. The van der Waals surface area contributed by atoms with Crippen molar-refractivity contribution < 1.29 is 9.47 Å². The Bertz CT molecular complexity index is 1030. The molecular formula is C18H16N4O2. The monoisotopic (exact) mass is 320 g/mol. The van der Waals surface area contributed by atoms with Crippen molar-refractivity contribution in [3.8, 4) is 11.5 Å². The Morgan fingerprint density at radius 1 is 0.958 bits per heavy atom. The number of anilines is 2. The van der Waals surface area contributed by atoms with E-state index in [9.17, 15) is 0 Å². The first-order chi connectivity index (χ1) is 11.8. The molecule has 2 aromatic carbocycles. The highest BCUT2D eigenvalue weighted by Gasteiger charge is 2.13. The van der Waals surface area contributed by atoms with Gasteiger partial charge in [-0.2, -0.15) is 0 Å². The Morgan fingerprint density at radius 3 is 2.67 bits per heavy atom. The lowest BCUT2D eigenvalue weighted by Crippen LogP contribution is -2.01. The number of para-hydroxylation sites is 3. The first-order valence-corrected chi connectivity index (χ1v) is 7.50. The molecule has 0 radical (unpaired) electrons. The predicted molar refractivity (Wildman–Crippen MR) is 93.3 cm³/mol. The number of imidazole rings is 1. The second kappa shape index (κ2) is 5.73. The molecule has 0 bridgehead atoms. The molecule has 0 fully saturated rings. The van der Waals surface area contributed by atoms with E-state index in [0.717, 1.165) is 22.2 Å². The minimum atomic E-state index is 0.632. The second-order valence-corrected chi connectivity index (χ2v) is 5.26. The molecule has 0 unspecified atom stereocenters. The summed E-state index contributed by atoms with van der Waals surface area (Å²) in [5.41, 5.74) is 3.56. The van der Waals surface area contributed by atoms with Crippen LogP contribution in [0, 0.1) is 0 Å². The lowest BCUT2D eigenvalue weighted by Gasteiger charge is -2.15. The van der Waals surface area contributed by atoms with Gasteiger partial charge in [0, 0.05) is 0 Å². The van der Waals surface area contributed by atoms with Crippen LogP contribution in [-0.2, 0) is 0 Å². The Morgan fingerprint density at radius 2 is 1.83 bits per heavy atom. The van der Waals surface area contributed by atoms with E-state index in [-0.39, 0.29) is 0 Å². The van der Waals surface area contributed by atoms with Gasteiger partial charge in [0.1, 0.15) is 5.52 Å². The van der Waals surface area contributed by atoms with Crippen LogP contribution in [0.5, 0.6) is 11.5 Å². The maximum absolute atomic E-state index is 5.48. The number of benzene rings is 2. The van der Waals surface area contributed by atoms with Crippen LogP contribution in [0.1, 0.15) is 0 Å². The molecule has 4 aromatic rings. The fourth-order valence-electron chi connectivity index (χ4n) is 2.81. The number of hydrogen-bond acceptors (Lipinski definition) is 5. The second-order valence-electron chi connectivity index (χ2n) is 5.26. The van der Waals surface area contributed by atoms with Crippen molar-refractivity contribution in [1.82, 2.24) is 14.4 Å². The minimum Gasteiger partial charge on any atom is -0.493 e. The molecule has 0 saturated carbocycles. The first-order valence-electron chi connectivity index (χ1n) is 7.50. The molecule has 0 atom stereocenters. The molecule has 0 aliphatic rings. The third-order valence-corrected chi connectivity index (χ3v) is 3.91. The van der Waals surface area contributed by atoms with Crippen LogP contribution in [-0.4, -0.2) is 28.6 Å². The van der Waals surface area contributed by atoms with E-state index in [1.54, 1.807) is 26.7 Å². The third-order valence-electron chi connectivity index (χ3n) is 3.91. The molecule has 0 spiro atoms. The van der Waals surface area contributed by atoms with Crippen molar-refractivity contribution in [3.05, 3.63) is 55.0 Å². The summed E-state index contributed by atoms with van der Waals surface area (Å²) in [5, 5.41) is 3.34. The highest BCUT2D eigenvalue weighted by atomic mass is 16.5. The van der Waals surface area contributed by atoms with Crippen LogP contribution >= 0.6 is 0 Å². The number of aromatic nitrogens is 3. The van der Waals surface area contributed by atoms with Gasteiger partial charge in [0.05, 0.1) is 43.5 Å². The Kier molecular flexibility index (Phi) is 3.42. The summed E-state index contributed by atoms with van der Waals surface area (Å²) < 4.78 is 12.8. The van der Waals surface area contributed by atoms with Crippen LogP contribution in [0.25, 0.3) is 16.6 Å². The topological polar surface area (TPSA) is 60.7 Å². The molecule has 4 rings (SSSR count). The number of fused-ring (bicyclic) bond motifs is 3. The molecule has 6 heteroatoms. The summed E-state index contributed by atoms with van der Waals surface area (Å²) in [7, 11) is 3.23. The Balaban J connectivity index is 1.89. The largest absolute Gasteiger partial charge is 0.493 e. The average Bonchev–Trinajstić information content (AvgIpc) is 3.12. The van der Waals surface area contributed by atoms with E-state index in [1.165, 1.54) is 0 Å². The zero-order chi connectivity index (χ0) is 16.5. The van der Waals surface area contributed by atoms with Gasteiger partial charge in [0.2, 0.25) is 0 Å². The van der Waals surface area contributed by atoms with Crippen molar-refractivity contribution in [2.45, 2.75) is 0 Å². The van der Waals surface area contributed by atoms with E-state index in [4.69, 9.17) is 14.5 Å². The number of nitrogens with one attached hydrogen (secondary N) is 1. The molecule has 24 heavy (non-hydrogen) atoms. The lowest BCUT2D eigenvalue weighted by atomic mass is 10.2. The van der Waals surface area contributed by atoms with Gasteiger partial charge in [-0.05, 0) is 24.3 Å². The Hall–Kier alpha value is -3.28. The van der Waals surface area contributed by atoms with Gasteiger partial charge in [0.25, 0.3) is 0 Å². The number of methoxy groups -OCH3 is 2. The van der Waals surface area contributed by atoms with Crippen molar-refractivity contribution >= 4 is 28.1 Å². The third kappa shape index (κ3) is 2.20. The standard InChI is InChI=1S/C18H16N4O2/c1-23-16-9-5-7-13(17(16)24-2)21-18-15-10-19-11-22(15)14-8-4-3-6-12(14)20-18/h3-11H,1-2H3,(H,20,21). The molecule has 1 N–H and O–H groups in total. The summed E-state index contributed by atoms with van der Waals surface area (Å²) >= 11 is 0. The minimum absolute atomic E-state index is 0.632. The number of rotatable bonds is 4. The smallest absolute Gasteiger partial charge is 0.184 e.